The van der Waals surface area contributed by atoms with Gasteiger partial charge in [0.25, 0.3) is 0 Å². The highest BCUT2D eigenvalue weighted by Gasteiger charge is 2.26. The predicted molar refractivity (Wildman–Crippen MR) is 93.0 cm³/mol. The first kappa shape index (κ1) is 16.1. The quantitative estimate of drug-likeness (QED) is 0.419. The summed E-state index contributed by atoms with van der Waals surface area (Å²) in [5.74, 6) is 0.816. The van der Waals surface area contributed by atoms with Gasteiger partial charge in [-0.1, -0.05) is 41.6 Å². The molecule has 0 radical (unpaired) electrons. The van der Waals surface area contributed by atoms with E-state index < -0.39 is 0 Å². The van der Waals surface area contributed by atoms with Gasteiger partial charge in [-0.2, -0.15) is 0 Å². The number of benzene rings is 1. The van der Waals surface area contributed by atoms with Crippen molar-refractivity contribution in [1.29, 1.82) is 0 Å². The third-order valence-electron chi connectivity index (χ3n) is 5.65. The highest BCUT2D eigenvalue weighted by Crippen LogP contribution is 2.43. The summed E-state index contributed by atoms with van der Waals surface area (Å²) < 4.78 is 0. The molecular weight excluding hydrogens is 308 g/mol. The summed E-state index contributed by atoms with van der Waals surface area (Å²) >= 11 is 4.08. The Labute approximate surface area is 133 Å². The highest BCUT2D eigenvalue weighted by molar-refractivity contribution is 9.09. The van der Waals surface area contributed by atoms with Gasteiger partial charge in [-0.05, 0) is 86.8 Å². The molecule has 2 rings (SSSR count). The molecule has 0 amide bonds. The van der Waals surface area contributed by atoms with Crippen molar-refractivity contribution in [1.82, 2.24) is 0 Å². The number of halogens is 1. The van der Waals surface area contributed by atoms with Crippen LogP contribution >= 0.6 is 15.9 Å². The molecule has 1 atom stereocenters. The van der Waals surface area contributed by atoms with Crippen molar-refractivity contribution >= 4 is 15.9 Å². The minimum Gasteiger partial charge on any atom is -0.0836 e. The Balaban J connectivity index is 2.41. The summed E-state index contributed by atoms with van der Waals surface area (Å²) in [5, 5.41) is 0. The second kappa shape index (κ2) is 6.64. The summed E-state index contributed by atoms with van der Waals surface area (Å²) in [7, 11) is 0. The van der Waals surface area contributed by atoms with E-state index in [-0.39, 0.29) is 0 Å². The summed E-state index contributed by atoms with van der Waals surface area (Å²) in [6, 6.07) is 0. The molecule has 0 spiro atoms. The van der Waals surface area contributed by atoms with Crippen molar-refractivity contribution in [2.24, 2.45) is 5.92 Å². The zero-order valence-corrected chi connectivity index (χ0v) is 15.4. The zero-order chi connectivity index (χ0) is 14.9. The fourth-order valence-electron chi connectivity index (χ4n) is 3.78. The molecule has 0 N–H and O–H groups in total. The van der Waals surface area contributed by atoms with Crippen LogP contribution in [-0.4, -0.2) is 0 Å². The Morgan fingerprint density at radius 3 is 1.55 bits per heavy atom. The average molecular weight is 337 g/mol. The second-order valence-electron chi connectivity index (χ2n) is 6.69. The molecule has 1 saturated carbocycles. The van der Waals surface area contributed by atoms with Gasteiger partial charge in [-0.25, -0.2) is 0 Å². The van der Waals surface area contributed by atoms with Crippen LogP contribution in [0.2, 0.25) is 0 Å². The fraction of sp³-hybridized carbons (Fsp3) is 0.684. The first-order valence-corrected chi connectivity index (χ1v) is 9.07. The summed E-state index contributed by atoms with van der Waals surface area (Å²) in [5.41, 5.74) is 9.05. The third-order valence-corrected chi connectivity index (χ3v) is 6.85. The Hall–Kier alpha value is -0.300. The van der Waals surface area contributed by atoms with Crippen molar-refractivity contribution in [3.63, 3.8) is 0 Å². The van der Waals surface area contributed by atoms with E-state index in [0.717, 1.165) is 5.92 Å². The molecule has 1 aliphatic carbocycles. The summed E-state index contributed by atoms with van der Waals surface area (Å²) in [4.78, 5) is 0.540. The van der Waals surface area contributed by atoms with Crippen LogP contribution in [-0.2, 0) is 0 Å². The van der Waals surface area contributed by atoms with E-state index in [1.54, 1.807) is 5.56 Å². The van der Waals surface area contributed by atoms with E-state index in [1.807, 2.05) is 0 Å². The average Bonchev–Trinajstić information content (AvgIpc) is 2.72. The lowest BCUT2D eigenvalue weighted by Gasteiger charge is -2.27. The Morgan fingerprint density at radius 1 is 0.700 bits per heavy atom. The van der Waals surface area contributed by atoms with Gasteiger partial charge in [0.05, 0.1) is 0 Å². The number of hydrogen-bond acceptors (Lipinski definition) is 0. The maximum atomic E-state index is 4.08. The van der Waals surface area contributed by atoms with Crippen LogP contribution < -0.4 is 0 Å². The van der Waals surface area contributed by atoms with Crippen LogP contribution in [0.25, 0.3) is 0 Å². The van der Waals surface area contributed by atoms with Gasteiger partial charge < -0.3 is 0 Å². The van der Waals surface area contributed by atoms with Crippen LogP contribution in [0.15, 0.2) is 0 Å². The maximum absolute atomic E-state index is 4.08. The Bertz CT molecular complexity index is 450. The van der Waals surface area contributed by atoms with Crippen LogP contribution in [0.3, 0.4) is 0 Å². The van der Waals surface area contributed by atoms with Crippen LogP contribution in [0.1, 0.15) is 76.7 Å². The number of rotatable bonds is 2. The number of hydrogen-bond donors (Lipinski definition) is 0. The molecule has 0 bridgehead atoms. The van der Waals surface area contributed by atoms with Gasteiger partial charge in [0, 0.05) is 4.83 Å². The van der Waals surface area contributed by atoms with E-state index in [0.29, 0.717) is 4.83 Å². The monoisotopic (exact) mass is 336 g/mol. The summed E-state index contributed by atoms with van der Waals surface area (Å²) in [6.07, 6.45) is 8.46. The first-order valence-electron chi connectivity index (χ1n) is 8.16. The van der Waals surface area contributed by atoms with Crippen molar-refractivity contribution in [3.05, 3.63) is 33.4 Å². The largest absolute Gasteiger partial charge is 0.0836 e. The molecule has 0 nitrogen and oxygen atoms in total. The molecule has 1 aromatic carbocycles. The molecule has 1 heteroatoms. The Kier molecular flexibility index (Phi) is 5.34. The SMILES string of the molecule is Cc1c(C)c(C)c(C(Br)C2CCCCCC2)c(C)c1C. The van der Waals surface area contributed by atoms with E-state index in [1.165, 1.54) is 66.3 Å². The van der Waals surface area contributed by atoms with Gasteiger partial charge in [-0.15, -0.1) is 0 Å². The molecule has 0 heterocycles. The molecular formula is C19H29Br. The molecule has 1 fully saturated rings. The van der Waals surface area contributed by atoms with Crippen LogP contribution in [0.5, 0.6) is 0 Å². The minimum atomic E-state index is 0.540. The fourth-order valence-corrected chi connectivity index (χ4v) is 5.00. The van der Waals surface area contributed by atoms with E-state index in [2.05, 4.69) is 50.5 Å². The minimum absolute atomic E-state index is 0.540. The summed E-state index contributed by atoms with van der Waals surface area (Å²) in [6.45, 7) is 11.5. The normalized spacial score (nSPS) is 18.9. The van der Waals surface area contributed by atoms with Crippen molar-refractivity contribution in [2.45, 2.75) is 78.0 Å². The molecule has 0 aromatic heterocycles. The topological polar surface area (TPSA) is 0 Å². The van der Waals surface area contributed by atoms with Gasteiger partial charge >= 0.3 is 0 Å². The molecule has 1 aliphatic rings. The zero-order valence-electron chi connectivity index (χ0n) is 13.8. The predicted octanol–water partition coefficient (Wildman–Crippen LogP) is 6.64. The van der Waals surface area contributed by atoms with Crippen molar-refractivity contribution in [2.75, 3.05) is 0 Å². The number of alkyl halides is 1. The van der Waals surface area contributed by atoms with Crippen molar-refractivity contribution < 1.29 is 0 Å². The Morgan fingerprint density at radius 2 is 1.10 bits per heavy atom. The van der Waals surface area contributed by atoms with Gasteiger partial charge in [0.1, 0.15) is 0 Å². The van der Waals surface area contributed by atoms with Crippen LogP contribution in [0, 0.1) is 40.5 Å². The molecule has 1 aromatic rings. The molecule has 112 valence electrons. The van der Waals surface area contributed by atoms with E-state index in [9.17, 15) is 0 Å². The maximum Gasteiger partial charge on any atom is 0.0428 e. The van der Waals surface area contributed by atoms with Crippen molar-refractivity contribution in [3.8, 4) is 0 Å². The van der Waals surface area contributed by atoms with Crippen LogP contribution in [0.4, 0.5) is 0 Å². The van der Waals surface area contributed by atoms with Gasteiger partial charge in [0.2, 0.25) is 0 Å². The lowest BCUT2D eigenvalue weighted by molar-refractivity contribution is 0.452. The highest BCUT2D eigenvalue weighted by atomic mass is 79.9. The second-order valence-corrected chi connectivity index (χ2v) is 7.68. The smallest absolute Gasteiger partial charge is 0.0428 e. The lowest BCUT2D eigenvalue weighted by Crippen LogP contribution is -2.12. The lowest BCUT2D eigenvalue weighted by atomic mass is 9.83. The van der Waals surface area contributed by atoms with Gasteiger partial charge in [0.15, 0.2) is 0 Å². The molecule has 1 unspecified atom stereocenters. The third kappa shape index (κ3) is 2.98. The standard InChI is InChI=1S/C19H29Br/c1-12-13(2)15(4)18(16(5)14(12)3)19(20)17-10-8-6-7-9-11-17/h17,19H,6-11H2,1-5H3. The molecule has 0 aliphatic heterocycles. The van der Waals surface area contributed by atoms with E-state index >= 15 is 0 Å². The van der Waals surface area contributed by atoms with E-state index in [4.69, 9.17) is 0 Å². The molecule has 0 saturated heterocycles. The first-order chi connectivity index (χ1) is 9.45. The van der Waals surface area contributed by atoms with Gasteiger partial charge in [-0.3, -0.25) is 0 Å². The molecule has 20 heavy (non-hydrogen) atoms.